The van der Waals surface area contributed by atoms with Crippen LogP contribution < -0.4 is 10.2 Å². The van der Waals surface area contributed by atoms with E-state index in [2.05, 4.69) is 41.1 Å². The summed E-state index contributed by atoms with van der Waals surface area (Å²) in [5, 5.41) is 3.04. The van der Waals surface area contributed by atoms with Crippen LogP contribution in [0.2, 0.25) is 0 Å². The third-order valence-corrected chi connectivity index (χ3v) is 4.93. The fraction of sp³-hybridized carbons (Fsp3) is 0.632. The zero-order valence-electron chi connectivity index (χ0n) is 14.4. The zero-order chi connectivity index (χ0) is 16.2. The second-order valence-corrected chi connectivity index (χ2v) is 7.43. The van der Waals surface area contributed by atoms with Crippen molar-refractivity contribution in [1.29, 1.82) is 0 Å². The van der Waals surface area contributed by atoms with Gasteiger partial charge in [0.25, 0.3) is 0 Å². The molecule has 0 unspecified atom stereocenters. The fourth-order valence-corrected chi connectivity index (χ4v) is 4.06. The maximum absolute atomic E-state index is 12.3. The molecule has 3 rings (SSSR count). The maximum Gasteiger partial charge on any atom is 0.238 e. The van der Waals surface area contributed by atoms with Crippen LogP contribution >= 0.6 is 0 Å². The number of carbonyl (C=O) groups excluding carboxylic acids is 1. The molecule has 0 saturated carbocycles. The number of likely N-dealkylation sites (tertiary alicyclic amines) is 1. The summed E-state index contributed by atoms with van der Waals surface area (Å²) in [6.45, 7) is 9.42. The standard InChI is InChI=1S/C19H29N3O/c1-15-11-16(2)13-21(12-15)14-19(23)20-17-5-7-18(8-6-17)22-9-3-4-10-22/h5-8,15-16H,3-4,9-14H2,1-2H3,(H,20,23)/t15-,16-/m1/s1. The Morgan fingerprint density at radius 2 is 1.70 bits per heavy atom. The van der Waals surface area contributed by atoms with Gasteiger partial charge in [0.15, 0.2) is 0 Å². The number of nitrogens with zero attached hydrogens (tertiary/aromatic N) is 2. The van der Waals surface area contributed by atoms with Gasteiger partial charge < -0.3 is 10.2 Å². The molecule has 2 atom stereocenters. The Kier molecular flexibility index (Phi) is 5.21. The highest BCUT2D eigenvalue weighted by molar-refractivity contribution is 5.92. The number of amides is 1. The predicted molar refractivity (Wildman–Crippen MR) is 95.9 cm³/mol. The molecule has 2 aliphatic rings. The van der Waals surface area contributed by atoms with Crippen molar-refractivity contribution in [3.63, 3.8) is 0 Å². The van der Waals surface area contributed by atoms with Gasteiger partial charge >= 0.3 is 0 Å². The van der Waals surface area contributed by atoms with E-state index in [1.54, 1.807) is 0 Å². The lowest BCUT2D eigenvalue weighted by Crippen LogP contribution is -2.42. The van der Waals surface area contributed by atoms with Crippen LogP contribution in [-0.2, 0) is 4.79 Å². The lowest BCUT2D eigenvalue weighted by atomic mass is 9.92. The molecule has 0 aliphatic carbocycles. The van der Waals surface area contributed by atoms with Crippen LogP contribution in [0.4, 0.5) is 11.4 Å². The minimum Gasteiger partial charge on any atom is -0.372 e. The molecule has 1 N–H and O–H groups in total. The van der Waals surface area contributed by atoms with Crippen molar-refractivity contribution in [3.8, 4) is 0 Å². The van der Waals surface area contributed by atoms with Crippen molar-refractivity contribution >= 4 is 17.3 Å². The first-order valence-electron chi connectivity index (χ1n) is 8.97. The van der Waals surface area contributed by atoms with Gasteiger partial charge in [0, 0.05) is 37.6 Å². The first-order chi connectivity index (χ1) is 11.1. The molecule has 126 valence electrons. The van der Waals surface area contributed by atoms with Crippen molar-refractivity contribution in [2.45, 2.75) is 33.1 Å². The van der Waals surface area contributed by atoms with Crippen molar-refractivity contribution in [3.05, 3.63) is 24.3 Å². The molecule has 1 aromatic rings. The van der Waals surface area contributed by atoms with E-state index in [4.69, 9.17) is 0 Å². The van der Waals surface area contributed by atoms with E-state index < -0.39 is 0 Å². The lowest BCUT2D eigenvalue weighted by Gasteiger charge is -2.34. The fourth-order valence-electron chi connectivity index (χ4n) is 4.06. The van der Waals surface area contributed by atoms with Crippen LogP contribution in [-0.4, -0.2) is 43.5 Å². The van der Waals surface area contributed by atoms with Crippen molar-refractivity contribution in [2.24, 2.45) is 11.8 Å². The molecule has 23 heavy (non-hydrogen) atoms. The highest BCUT2D eigenvalue weighted by atomic mass is 16.2. The smallest absolute Gasteiger partial charge is 0.238 e. The van der Waals surface area contributed by atoms with Gasteiger partial charge in [-0.25, -0.2) is 0 Å². The second kappa shape index (κ2) is 7.35. The Morgan fingerprint density at radius 1 is 1.09 bits per heavy atom. The number of rotatable bonds is 4. The Hall–Kier alpha value is -1.55. The maximum atomic E-state index is 12.3. The second-order valence-electron chi connectivity index (χ2n) is 7.43. The van der Waals surface area contributed by atoms with Gasteiger partial charge in [0.05, 0.1) is 6.54 Å². The minimum atomic E-state index is 0.0974. The van der Waals surface area contributed by atoms with Crippen LogP contribution in [0.25, 0.3) is 0 Å². The summed E-state index contributed by atoms with van der Waals surface area (Å²) in [5.74, 6) is 1.47. The monoisotopic (exact) mass is 315 g/mol. The topological polar surface area (TPSA) is 35.6 Å². The van der Waals surface area contributed by atoms with Crippen molar-refractivity contribution in [1.82, 2.24) is 4.90 Å². The minimum absolute atomic E-state index is 0.0974. The van der Waals surface area contributed by atoms with E-state index in [0.717, 1.165) is 31.9 Å². The Labute approximate surface area is 139 Å². The molecule has 0 spiro atoms. The summed E-state index contributed by atoms with van der Waals surface area (Å²) >= 11 is 0. The number of hydrogen-bond donors (Lipinski definition) is 1. The molecular formula is C19H29N3O. The molecule has 2 saturated heterocycles. The molecule has 2 fully saturated rings. The molecule has 1 amide bonds. The number of carbonyl (C=O) groups is 1. The number of benzene rings is 1. The average molecular weight is 315 g/mol. The summed E-state index contributed by atoms with van der Waals surface area (Å²) < 4.78 is 0. The van der Waals surface area contributed by atoms with Gasteiger partial charge in [0.1, 0.15) is 0 Å². The summed E-state index contributed by atoms with van der Waals surface area (Å²) in [6.07, 6.45) is 3.84. The molecule has 0 aromatic heterocycles. The molecular weight excluding hydrogens is 286 g/mol. The first kappa shape index (κ1) is 16.3. The number of hydrogen-bond acceptors (Lipinski definition) is 3. The van der Waals surface area contributed by atoms with Crippen molar-refractivity contribution in [2.75, 3.05) is 42.9 Å². The van der Waals surface area contributed by atoms with Gasteiger partial charge in [-0.1, -0.05) is 13.8 Å². The molecule has 2 aliphatic heterocycles. The highest BCUT2D eigenvalue weighted by Crippen LogP contribution is 2.23. The van der Waals surface area contributed by atoms with E-state index in [-0.39, 0.29) is 5.91 Å². The van der Waals surface area contributed by atoms with Gasteiger partial charge in [-0.3, -0.25) is 9.69 Å². The predicted octanol–water partition coefficient (Wildman–Crippen LogP) is 3.20. The van der Waals surface area contributed by atoms with Crippen LogP contribution in [0.1, 0.15) is 33.1 Å². The molecule has 2 heterocycles. The molecule has 4 nitrogen and oxygen atoms in total. The van der Waals surface area contributed by atoms with Crippen molar-refractivity contribution < 1.29 is 4.79 Å². The lowest BCUT2D eigenvalue weighted by molar-refractivity contribution is -0.117. The largest absolute Gasteiger partial charge is 0.372 e. The molecule has 4 heteroatoms. The van der Waals surface area contributed by atoms with Crippen LogP contribution in [0.3, 0.4) is 0 Å². The summed E-state index contributed by atoms with van der Waals surface area (Å²) in [4.78, 5) is 17.0. The van der Waals surface area contributed by atoms with Gasteiger partial charge in [0.2, 0.25) is 5.91 Å². The van der Waals surface area contributed by atoms with E-state index >= 15 is 0 Å². The van der Waals surface area contributed by atoms with Crippen LogP contribution in [0.15, 0.2) is 24.3 Å². The zero-order valence-corrected chi connectivity index (χ0v) is 14.4. The molecule has 1 aromatic carbocycles. The Bertz CT molecular complexity index is 512. The van der Waals surface area contributed by atoms with Gasteiger partial charge in [-0.05, 0) is 55.4 Å². The highest BCUT2D eigenvalue weighted by Gasteiger charge is 2.23. The first-order valence-corrected chi connectivity index (χ1v) is 8.97. The SMILES string of the molecule is C[C@@H]1C[C@@H](C)CN(CC(=O)Nc2ccc(N3CCCC3)cc2)C1. The number of nitrogens with one attached hydrogen (secondary N) is 1. The quantitative estimate of drug-likeness (QED) is 0.927. The third kappa shape index (κ3) is 4.47. The number of piperidine rings is 1. The number of anilines is 2. The normalized spacial score (nSPS) is 25.6. The van der Waals surface area contributed by atoms with Crippen LogP contribution in [0.5, 0.6) is 0 Å². The van der Waals surface area contributed by atoms with Gasteiger partial charge in [-0.15, -0.1) is 0 Å². The summed E-state index contributed by atoms with van der Waals surface area (Å²) in [5.41, 5.74) is 2.16. The average Bonchev–Trinajstić information content (AvgIpc) is 3.01. The van der Waals surface area contributed by atoms with Crippen LogP contribution in [0, 0.1) is 11.8 Å². The molecule has 0 radical (unpaired) electrons. The Balaban J connectivity index is 1.51. The van der Waals surface area contributed by atoms with E-state index in [9.17, 15) is 4.79 Å². The summed E-state index contributed by atoms with van der Waals surface area (Å²) in [6, 6.07) is 8.28. The Morgan fingerprint density at radius 3 is 2.30 bits per heavy atom. The van der Waals surface area contributed by atoms with Gasteiger partial charge in [-0.2, -0.15) is 0 Å². The van der Waals surface area contributed by atoms with E-state index in [1.165, 1.54) is 24.9 Å². The molecule has 0 bridgehead atoms. The third-order valence-electron chi connectivity index (χ3n) is 4.93. The van der Waals surface area contributed by atoms with E-state index in [0.29, 0.717) is 18.4 Å². The van der Waals surface area contributed by atoms with E-state index in [1.807, 2.05) is 12.1 Å². The summed E-state index contributed by atoms with van der Waals surface area (Å²) in [7, 11) is 0.